The predicted octanol–water partition coefficient (Wildman–Crippen LogP) is 7.02. The highest BCUT2D eigenvalue weighted by atomic mass is 14.9. The summed E-state index contributed by atoms with van der Waals surface area (Å²) in [6.45, 7) is 8.21. The lowest BCUT2D eigenvalue weighted by Gasteiger charge is -2.20. The van der Waals surface area contributed by atoms with Gasteiger partial charge in [0.2, 0.25) is 0 Å². The lowest BCUT2D eigenvalue weighted by atomic mass is 9.98. The molecule has 0 aromatic heterocycles. The molecule has 1 atom stereocenters. The van der Waals surface area contributed by atoms with Gasteiger partial charge in [-0.3, -0.25) is 0 Å². The summed E-state index contributed by atoms with van der Waals surface area (Å²) < 4.78 is 0. The van der Waals surface area contributed by atoms with Crippen molar-refractivity contribution in [2.24, 2.45) is 5.41 Å². The van der Waals surface area contributed by atoms with E-state index in [9.17, 15) is 0 Å². The first-order valence-corrected chi connectivity index (χ1v) is 10.6. The number of unbranched alkanes of at least 4 members (excludes halogenated alkanes) is 7. The van der Waals surface area contributed by atoms with Gasteiger partial charge in [-0.25, -0.2) is 0 Å². The third-order valence-corrected chi connectivity index (χ3v) is 5.49. The van der Waals surface area contributed by atoms with Gasteiger partial charge in [-0.1, -0.05) is 64.5 Å². The van der Waals surface area contributed by atoms with Crippen molar-refractivity contribution in [1.29, 1.82) is 0 Å². The molecule has 1 heteroatoms. The van der Waals surface area contributed by atoms with E-state index in [4.69, 9.17) is 0 Å². The van der Waals surface area contributed by atoms with Crippen LogP contribution in [0.5, 0.6) is 0 Å². The molecule has 0 aliphatic heterocycles. The topological polar surface area (TPSA) is 12.0 Å². The average Bonchev–Trinajstić information content (AvgIpc) is 3.33. The van der Waals surface area contributed by atoms with Crippen molar-refractivity contribution in [2.75, 3.05) is 6.54 Å². The Kier molecular flexibility index (Phi) is 11.8. The van der Waals surface area contributed by atoms with Crippen molar-refractivity contribution in [3.63, 3.8) is 0 Å². The van der Waals surface area contributed by atoms with Gasteiger partial charge >= 0.3 is 0 Å². The zero-order valence-electron chi connectivity index (χ0n) is 16.3. The van der Waals surface area contributed by atoms with Crippen molar-refractivity contribution >= 4 is 0 Å². The zero-order chi connectivity index (χ0) is 16.8. The number of hydrogen-bond donors (Lipinski definition) is 1. The van der Waals surface area contributed by atoms with Crippen molar-refractivity contribution in [3.8, 4) is 0 Å². The fraction of sp³-hybridized carbons (Fsp3) is 0.909. The van der Waals surface area contributed by atoms with Crippen LogP contribution in [0.25, 0.3) is 0 Å². The largest absolute Gasteiger partial charge is 0.314 e. The smallest absolute Gasteiger partial charge is 0.00389 e. The minimum Gasteiger partial charge on any atom is -0.314 e. The van der Waals surface area contributed by atoms with Crippen LogP contribution in [0.4, 0.5) is 0 Å². The Morgan fingerprint density at radius 2 is 1.52 bits per heavy atom. The first kappa shape index (κ1) is 20.7. The number of rotatable bonds is 16. The van der Waals surface area contributed by atoms with E-state index in [0.29, 0.717) is 11.5 Å². The van der Waals surface area contributed by atoms with E-state index in [0.717, 1.165) is 0 Å². The summed E-state index contributed by atoms with van der Waals surface area (Å²) in [4.78, 5) is 0. The number of hydrogen-bond acceptors (Lipinski definition) is 1. The normalized spacial score (nSPS) is 17.7. The molecule has 0 amide bonds. The standard InChI is InChI=1S/C22H43N/c1-4-6-8-10-11-12-13-15-17-22(18-19-22)20-23-21(3)16-14-9-7-5-2/h11-12,21,23H,4-10,13-20H2,1-3H3/b12-11-. The molecule has 0 bridgehead atoms. The molecule has 1 aliphatic carbocycles. The first-order valence-electron chi connectivity index (χ1n) is 10.6. The Morgan fingerprint density at radius 3 is 2.17 bits per heavy atom. The molecule has 136 valence electrons. The molecule has 1 aliphatic rings. The fourth-order valence-electron chi connectivity index (χ4n) is 3.40. The maximum absolute atomic E-state index is 3.82. The fourth-order valence-corrected chi connectivity index (χ4v) is 3.40. The Labute approximate surface area is 146 Å². The Balaban J connectivity index is 1.99. The Bertz CT molecular complexity index is 290. The van der Waals surface area contributed by atoms with Crippen LogP contribution in [0, 0.1) is 5.41 Å². The predicted molar refractivity (Wildman–Crippen MR) is 105 cm³/mol. The summed E-state index contributed by atoms with van der Waals surface area (Å²) in [5.41, 5.74) is 0.674. The van der Waals surface area contributed by atoms with Gasteiger partial charge in [0, 0.05) is 12.6 Å². The van der Waals surface area contributed by atoms with Crippen LogP contribution < -0.4 is 5.32 Å². The molecule has 0 aromatic carbocycles. The molecule has 1 nitrogen and oxygen atoms in total. The number of allylic oxidation sites excluding steroid dienone is 2. The zero-order valence-corrected chi connectivity index (χ0v) is 16.3. The molecule has 0 saturated heterocycles. The van der Waals surface area contributed by atoms with Crippen LogP contribution in [0.15, 0.2) is 12.2 Å². The average molecular weight is 322 g/mol. The van der Waals surface area contributed by atoms with Gasteiger partial charge < -0.3 is 5.32 Å². The lowest BCUT2D eigenvalue weighted by Crippen LogP contribution is -2.32. The SMILES string of the molecule is CCCCC/C=C\CCCC1(CNC(C)CCCCCC)CC1. The van der Waals surface area contributed by atoms with Crippen molar-refractivity contribution in [2.45, 2.75) is 117 Å². The second-order valence-electron chi connectivity index (χ2n) is 7.99. The minimum atomic E-state index is 0.674. The highest BCUT2D eigenvalue weighted by Crippen LogP contribution is 2.49. The van der Waals surface area contributed by atoms with E-state index in [1.807, 2.05) is 0 Å². The van der Waals surface area contributed by atoms with E-state index < -0.39 is 0 Å². The molecule has 0 heterocycles. The van der Waals surface area contributed by atoms with E-state index in [-0.39, 0.29) is 0 Å². The molecule has 1 rings (SSSR count). The summed E-state index contributed by atoms with van der Waals surface area (Å²) in [5, 5.41) is 3.82. The molecular weight excluding hydrogens is 278 g/mol. The van der Waals surface area contributed by atoms with E-state index >= 15 is 0 Å². The van der Waals surface area contributed by atoms with Crippen LogP contribution in [-0.2, 0) is 0 Å². The van der Waals surface area contributed by atoms with E-state index in [1.165, 1.54) is 96.4 Å². The third-order valence-electron chi connectivity index (χ3n) is 5.49. The summed E-state index contributed by atoms with van der Waals surface area (Å²) in [6, 6.07) is 0.711. The highest BCUT2D eigenvalue weighted by Gasteiger charge is 2.41. The molecule has 0 aromatic rings. The molecule has 1 saturated carbocycles. The van der Waals surface area contributed by atoms with Gasteiger partial charge in [0.1, 0.15) is 0 Å². The Hall–Kier alpha value is -0.300. The van der Waals surface area contributed by atoms with E-state index in [2.05, 4.69) is 38.2 Å². The summed E-state index contributed by atoms with van der Waals surface area (Å²) in [7, 11) is 0. The number of nitrogens with one attached hydrogen (secondary N) is 1. The van der Waals surface area contributed by atoms with Gasteiger partial charge in [-0.05, 0) is 63.7 Å². The summed E-state index contributed by atoms with van der Waals surface area (Å²) in [5.74, 6) is 0. The highest BCUT2D eigenvalue weighted by molar-refractivity contribution is 4.95. The van der Waals surface area contributed by atoms with Gasteiger partial charge in [0.25, 0.3) is 0 Å². The Morgan fingerprint density at radius 1 is 0.870 bits per heavy atom. The van der Waals surface area contributed by atoms with Crippen LogP contribution in [0.1, 0.15) is 111 Å². The van der Waals surface area contributed by atoms with Gasteiger partial charge in [0.05, 0.1) is 0 Å². The molecular formula is C22H43N. The summed E-state index contributed by atoms with van der Waals surface area (Å²) in [6.07, 6.45) is 24.2. The quantitative estimate of drug-likeness (QED) is 0.238. The molecule has 0 radical (unpaired) electrons. The second kappa shape index (κ2) is 13.0. The first-order chi connectivity index (χ1) is 11.2. The van der Waals surface area contributed by atoms with Crippen LogP contribution in [0.2, 0.25) is 0 Å². The van der Waals surface area contributed by atoms with Crippen molar-refractivity contribution in [3.05, 3.63) is 12.2 Å². The monoisotopic (exact) mass is 321 g/mol. The van der Waals surface area contributed by atoms with Gasteiger partial charge in [-0.2, -0.15) is 0 Å². The molecule has 1 unspecified atom stereocenters. The van der Waals surface area contributed by atoms with Gasteiger partial charge in [0.15, 0.2) is 0 Å². The van der Waals surface area contributed by atoms with Crippen LogP contribution >= 0.6 is 0 Å². The molecule has 0 spiro atoms. The maximum Gasteiger partial charge on any atom is 0.00389 e. The molecule has 1 N–H and O–H groups in total. The molecule has 23 heavy (non-hydrogen) atoms. The van der Waals surface area contributed by atoms with Gasteiger partial charge in [-0.15, -0.1) is 0 Å². The second-order valence-corrected chi connectivity index (χ2v) is 7.99. The van der Waals surface area contributed by atoms with E-state index in [1.54, 1.807) is 0 Å². The third kappa shape index (κ3) is 11.0. The molecule has 1 fully saturated rings. The minimum absolute atomic E-state index is 0.674. The summed E-state index contributed by atoms with van der Waals surface area (Å²) >= 11 is 0. The lowest BCUT2D eigenvalue weighted by molar-refractivity contribution is 0.376. The van der Waals surface area contributed by atoms with Crippen molar-refractivity contribution in [1.82, 2.24) is 5.32 Å². The van der Waals surface area contributed by atoms with Crippen molar-refractivity contribution < 1.29 is 0 Å². The van der Waals surface area contributed by atoms with Crippen LogP contribution in [0.3, 0.4) is 0 Å². The van der Waals surface area contributed by atoms with Crippen LogP contribution in [-0.4, -0.2) is 12.6 Å². The maximum atomic E-state index is 3.82.